The third kappa shape index (κ3) is 8.37. The molecule has 4 N–H and O–H groups in total. The largest absolute Gasteiger partial charge is 0.453 e. The van der Waals surface area contributed by atoms with E-state index < -0.39 is 23.8 Å². The number of amides is 4. The minimum absolute atomic E-state index is 0.114. The number of H-pyrrole nitrogens is 2. The molecule has 0 bridgehead atoms. The van der Waals surface area contributed by atoms with Crippen LogP contribution >= 0.6 is 0 Å². The number of hydrogen-bond acceptors (Lipinski definition) is 8. The molecule has 2 fully saturated rings. The van der Waals surface area contributed by atoms with Crippen LogP contribution in [0.1, 0.15) is 93.3 Å². The molecule has 0 radical (unpaired) electrons. The molecule has 2 aliphatic rings. The van der Waals surface area contributed by atoms with E-state index in [4.69, 9.17) is 14.5 Å². The summed E-state index contributed by atoms with van der Waals surface area (Å²) in [6, 6.07) is 21.8. The van der Waals surface area contributed by atoms with Crippen LogP contribution in [0.15, 0.2) is 79.0 Å². The summed E-state index contributed by atoms with van der Waals surface area (Å²) >= 11 is 0. The summed E-state index contributed by atoms with van der Waals surface area (Å²) in [4.78, 5) is 72.6. The number of nitrogens with zero attached hydrogens (tertiary/aromatic N) is 4. The number of nitrogens with one attached hydrogen (secondary N) is 4. The Kier molecular flexibility index (Phi) is 12.0. The van der Waals surface area contributed by atoms with Gasteiger partial charge in [0.1, 0.15) is 23.2 Å². The summed E-state index contributed by atoms with van der Waals surface area (Å²) in [7, 11) is 2.58. The fourth-order valence-corrected chi connectivity index (χ4v) is 8.17. The number of likely N-dealkylation sites (tertiary alicyclic amines) is 2. The van der Waals surface area contributed by atoms with E-state index >= 15 is 0 Å². The second-order valence-electron chi connectivity index (χ2n) is 15.3. The predicted molar refractivity (Wildman–Crippen MR) is 222 cm³/mol. The van der Waals surface area contributed by atoms with Crippen molar-refractivity contribution in [2.75, 3.05) is 27.3 Å². The molecule has 2 aliphatic heterocycles. The van der Waals surface area contributed by atoms with Gasteiger partial charge in [-0.25, -0.2) is 19.6 Å². The van der Waals surface area contributed by atoms with Crippen molar-refractivity contribution in [2.24, 2.45) is 5.92 Å². The first-order valence-electron chi connectivity index (χ1n) is 20.1. The number of aromatic nitrogens is 4. The Balaban J connectivity index is 1.04. The third-order valence-electron chi connectivity index (χ3n) is 11.4. The van der Waals surface area contributed by atoms with Gasteiger partial charge in [-0.3, -0.25) is 9.59 Å². The highest BCUT2D eigenvalue weighted by atomic mass is 16.5. The van der Waals surface area contributed by atoms with Crippen molar-refractivity contribution in [3.8, 4) is 23.1 Å². The lowest BCUT2D eigenvalue weighted by Crippen LogP contribution is -2.57. The van der Waals surface area contributed by atoms with E-state index in [9.17, 15) is 19.2 Å². The van der Waals surface area contributed by atoms with Crippen LogP contribution in [0.2, 0.25) is 0 Å². The number of ether oxygens (including phenoxy) is 2. The lowest BCUT2D eigenvalue weighted by atomic mass is 9.85. The van der Waals surface area contributed by atoms with Gasteiger partial charge in [-0.2, -0.15) is 0 Å². The lowest BCUT2D eigenvalue weighted by Gasteiger charge is -2.37. The second kappa shape index (κ2) is 17.5. The fraction of sp³-hybridized carbons (Fsp3) is 0.378. The maximum Gasteiger partial charge on any atom is 0.407 e. The maximum atomic E-state index is 14.5. The molecular formula is C45H50N8O6. The van der Waals surface area contributed by atoms with Crippen LogP contribution in [0.5, 0.6) is 0 Å². The average Bonchev–Trinajstić information content (AvgIpc) is 4.10. The van der Waals surface area contributed by atoms with Crippen LogP contribution in [0, 0.1) is 17.8 Å². The van der Waals surface area contributed by atoms with E-state index in [2.05, 4.69) is 37.4 Å². The zero-order valence-electron chi connectivity index (χ0n) is 34.0. The maximum absolute atomic E-state index is 14.5. The number of rotatable bonds is 10. The first-order chi connectivity index (χ1) is 28.5. The predicted octanol–water partition coefficient (Wildman–Crippen LogP) is 6.72. The van der Waals surface area contributed by atoms with E-state index in [-0.39, 0.29) is 29.8 Å². The first-order valence-corrected chi connectivity index (χ1v) is 20.1. The number of benzene rings is 3. The van der Waals surface area contributed by atoms with Crippen LogP contribution in [0.4, 0.5) is 9.59 Å². The molecule has 1 unspecified atom stereocenters. The second-order valence-corrected chi connectivity index (χ2v) is 15.3. The van der Waals surface area contributed by atoms with E-state index in [1.165, 1.54) is 14.2 Å². The van der Waals surface area contributed by atoms with Gasteiger partial charge in [0, 0.05) is 24.2 Å². The Hall–Kier alpha value is -6.62. The van der Waals surface area contributed by atoms with Gasteiger partial charge in [0.15, 0.2) is 0 Å². The van der Waals surface area contributed by atoms with Gasteiger partial charge in [0.05, 0.1) is 49.2 Å². The topological polar surface area (TPSA) is 175 Å². The van der Waals surface area contributed by atoms with Crippen LogP contribution in [0.3, 0.4) is 0 Å². The standard InChI is InChI=1S/C45H50N8O6/c1-6-45(51-44(57)59-5,32-12-8-7-9-13-32)42(55)53-25-11-15-37(53)40-47-33-23-20-30(26-34(33)48-40)17-16-29-18-21-31(22-19-29)35-27-46-39(49-35)36-14-10-24-52(36)41(54)38(28(2)3)50-43(56)58-4/h7-9,12-13,18-23,26-28,36-38H,6,10-11,14-15,24-25H2,1-5H3,(H,46,49)(H,47,48)(H,50,56)(H,51,57)/t36-,37-,38-,45?/m0/s1. The highest BCUT2D eigenvalue weighted by molar-refractivity contribution is 5.92. The van der Waals surface area contributed by atoms with Crippen molar-refractivity contribution in [3.05, 3.63) is 107 Å². The number of hydrogen-bond donors (Lipinski definition) is 4. The summed E-state index contributed by atoms with van der Waals surface area (Å²) in [5.74, 6) is 7.46. The van der Waals surface area contributed by atoms with Gasteiger partial charge < -0.3 is 39.9 Å². The summed E-state index contributed by atoms with van der Waals surface area (Å²) < 4.78 is 9.70. The number of imidazole rings is 2. The molecule has 14 heteroatoms. The molecule has 0 spiro atoms. The van der Waals surface area contributed by atoms with E-state index in [0.717, 1.165) is 59.1 Å². The average molecular weight is 799 g/mol. The summed E-state index contributed by atoms with van der Waals surface area (Å²) in [6.07, 6.45) is 3.95. The Morgan fingerprint density at radius 2 is 1.51 bits per heavy atom. The minimum Gasteiger partial charge on any atom is -0.453 e. The molecule has 2 saturated heterocycles. The Morgan fingerprint density at radius 1 is 0.847 bits per heavy atom. The van der Waals surface area contributed by atoms with Gasteiger partial charge in [-0.1, -0.05) is 75.1 Å². The third-order valence-corrected chi connectivity index (χ3v) is 11.4. The lowest BCUT2D eigenvalue weighted by molar-refractivity contribution is -0.140. The van der Waals surface area contributed by atoms with Crippen LogP contribution in [-0.4, -0.2) is 87.1 Å². The van der Waals surface area contributed by atoms with E-state index in [1.54, 1.807) is 11.1 Å². The first kappa shape index (κ1) is 40.6. The molecule has 4 heterocycles. The molecule has 7 rings (SSSR count). The van der Waals surface area contributed by atoms with Crippen molar-refractivity contribution >= 4 is 35.0 Å². The smallest absolute Gasteiger partial charge is 0.407 e. The van der Waals surface area contributed by atoms with Crippen LogP contribution in [0.25, 0.3) is 22.3 Å². The molecule has 0 saturated carbocycles. The SMILES string of the molecule is CCC(NC(=O)OC)(C(=O)N1CCC[C@H]1c1nc2ccc(C#Cc3ccc(-c4cnc([C@@H]5CCCN5C(=O)[C@@H](NC(=O)OC)C(C)C)[nH]4)cc3)cc2[nH]1)c1ccccc1. The molecule has 5 aromatic rings. The van der Waals surface area contributed by atoms with Crippen molar-refractivity contribution in [1.29, 1.82) is 0 Å². The quantitative estimate of drug-likeness (QED) is 0.113. The van der Waals surface area contributed by atoms with Gasteiger partial charge in [-0.15, -0.1) is 0 Å². The van der Waals surface area contributed by atoms with E-state index in [1.807, 2.05) is 98.5 Å². The summed E-state index contributed by atoms with van der Waals surface area (Å²) in [5.41, 5.74) is 4.39. The van der Waals surface area contributed by atoms with Gasteiger partial charge >= 0.3 is 12.2 Å². The van der Waals surface area contributed by atoms with Gasteiger partial charge in [0.25, 0.3) is 5.91 Å². The van der Waals surface area contributed by atoms with Crippen LogP contribution in [-0.2, 0) is 24.6 Å². The number of methoxy groups -OCH3 is 2. The monoisotopic (exact) mass is 798 g/mol. The van der Waals surface area contributed by atoms with Crippen molar-refractivity contribution in [3.63, 3.8) is 0 Å². The molecule has 0 aliphatic carbocycles. The Bertz CT molecular complexity index is 2380. The van der Waals surface area contributed by atoms with Crippen molar-refractivity contribution in [2.45, 2.75) is 76.5 Å². The van der Waals surface area contributed by atoms with Crippen molar-refractivity contribution < 1.29 is 28.7 Å². The highest BCUT2D eigenvalue weighted by Gasteiger charge is 2.47. The summed E-state index contributed by atoms with van der Waals surface area (Å²) in [6.45, 7) is 6.79. The van der Waals surface area contributed by atoms with Crippen molar-refractivity contribution in [1.82, 2.24) is 40.4 Å². The number of carbonyl (C=O) groups excluding carboxylic acids is 4. The number of fused-ring (bicyclic) bond motifs is 1. The number of alkyl carbamates (subject to hydrolysis) is 2. The molecule has 3 aromatic carbocycles. The molecule has 4 amide bonds. The zero-order chi connectivity index (χ0) is 41.7. The van der Waals surface area contributed by atoms with E-state index in [0.29, 0.717) is 36.7 Å². The highest BCUT2D eigenvalue weighted by Crippen LogP contribution is 2.38. The molecule has 14 nitrogen and oxygen atoms in total. The Labute approximate surface area is 343 Å². The van der Waals surface area contributed by atoms with Crippen LogP contribution < -0.4 is 10.6 Å². The number of aromatic amines is 2. The summed E-state index contributed by atoms with van der Waals surface area (Å²) in [5, 5.41) is 5.56. The molecule has 4 atom stereocenters. The normalized spacial score (nSPS) is 17.9. The molecule has 2 aromatic heterocycles. The minimum atomic E-state index is -1.30. The fourth-order valence-electron chi connectivity index (χ4n) is 8.17. The van der Waals surface area contributed by atoms with Gasteiger partial charge in [0.2, 0.25) is 5.91 Å². The molecular weight excluding hydrogens is 749 g/mol. The Morgan fingerprint density at radius 3 is 2.19 bits per heavy atom. The zero-order valence-corrected chi connectivity index (χ0v) is 34.0. The number of carbonyl (C=O) groups is 4. The molecule has 306 valence electrons. The molecule has 59 heavy (non-hydrogen) atoms. The van der Waals surface area contributed by atoms with Gasteiger partial charge in [-0.05, 0) is 79.5 Å².